The summed E-state index contributed by atoms with van der Waals surface area (Å²) in [6, 6.07) is 12.4. The van der Waals surface area contributed by atoms with Crippen LogP contribution in [0.1, 0.15) is 28.6 Å². The van der Waals surface area contributed by atoms with Gasteiger partial charge >= 0.3 is 5.97 Å². The molecule has 0 aliphatic carbocycles. The number of hydrogen-bond donors (Lipinski definition) is 1. The summed E-state index contributed by atoms with van der Waals surface area (Å²) in [6.07, 6.45) is -0.989. The van der Waals surface area contributed by atoms with E-state index in [9.17, 15) is 9.59 Å². The molecule has 2 aromatic carbocycles. The Morgan fingerprint density at radius 3 is 2.68 bits per heavy atom. The first-order valence-corrected chi connectivity index (χ1v) is 9.07. The molecule has 1 atom stereocenters. The van der Waals surface area contributed by atoms with Gasteiger partial charge in [-0.25, -0.2) is 4.79 Å². The molecular weight excluding hydrogens is 382 g/mol. The maximum Gasteiger partial charge on any atom is 0.375 e. The topological polar surface area (TPSA) is 77.8 Å². The van der Waals surface area contributed by atoms with Gasteiger partial charge in [-0.3, -0.25) is 4.79 Å². The second-order valence-electron chi connectivity index (χ2n) is 6.28. The van der Waals surface area contributed by atoms with E-state index in [-0.39, 0.29) is 12.3 Å². The molecule has 0 spiro atoms. The van der Waals surface area contributed by atoms with Crippen LogP contribution in [-0.2, 0) is 16.1 Å². The smallest absolute Gasteiger partial charge is 0.375 e. The van der Waals surface area contributed by atoms with Gasteiger partial charge in [0, 0.05) is 22.5 Å². The fourth-order valence-corrected chi connectivity index (χ4v) is 2.96. The molecule has 0 aliphatic rings. The molecule has 0 saturated carbocycles. The Kier molecular flexibility index (Phi) is 5.90. The normalized spacial score (nSPS) is 11.9. The first-order chi connectivity index (χ1) is 13.4. The molecule has 0 bridgehead atoms. The molecule has 28 heavy (non-hydrogen) atoms. The Bertz CT molecular complexity index is 1030. The van der Waals surface area contributed by atoms with Gasteiger partial charge < -0.3 is 19.2 Å². The van der Waals surface area contributed by atoms with E-state index in [1.807, 2.05) is 18.2 Å². The van der Waals surface area contributed by atoms with Crippen LogP contribution in [0.2, 0.25) is 5.02 Å². The number of methoxy groups -OCH3 is 1. The lowest BCUT2D eigenvalue weighted by Crippen LogP contribution is -2.35. The van der Waals surface area contributed by atoms with Crippen molar-refractivity contribution < 1.29 is 23.5 Å². The van der Waals surface area contributed by atoms with E-state index in [1.54, 1.807) is 38.3 Å². The van der Waals surface area contributed by atoms with Crippen LogP contribution >= 0.6 is 11.6 Å². The highest BCUT2D eigenvalue weighted by molar-refractivity contribution is 6.31. The molecule has 0 unspecified atom stereocenters. The molecule has 7 heteroatoms. The van der Waals surface area contributed by atoms with E-state index >= 15 is 0 Å². The van der Waals surface area contributed by atoms with Crippen molar-refractivity contribution in [2.24, 2.45) is 0 Å². The molecule has 1 N–H and O–H groups in total. The van der Waals surface area contributed by atoms with E-state index in [0.29, 0.717) is 21.9 Å². The van der Waals surface area contributed by atoms with Crippen molar-refractivity contribution in [3.05, 3.63) is 64.4 Å². The Hall–Kier alpha value is -2.99. The van der Waals surface area contributed by atoms with Crippen molar-refractivity contribution in [3.63, 3.8) is 0 Å². The van der Waals surface area contributed by atoms with Gasteiger partial charge in [0.2, 0.25) is 5.76 Å². The number of furan rings is 1. The van der Waals surface area contributed by atoms with Crippen molar-refractivity contribution in [1.29, 1.82) is 0 Å². The highest BCUT2D eigenvalue weighted by Gasteiger charge is 2.24. The Morgan fingerprint density at radius 2 is 1.96 bits per heavy atom. The number of fused-ring (bicyclic) bond motifs is 1. The molecule has 0 radical (unpaired) electrons. The predicted octanol–water partition coefficient (Wildman–Crippen LogP) is 4.26. The number of aryl methyl sites for hydroxylation is 1. The molecule has 3 aromatic rings. The van der Waals surface area contributed by atoms with Gasteiger partial charge in [0.15, 0.2) is 6.10 Å². The standard InChI is InChI=1S/C21H20ClNO5/c1-12-16-10-15(26-3)8-9-18(16)28-19(12)21(25)27-13(2)20(24)23-11-14-6-4-5-7-17(14)22/h4-10,13H,11H2,1-3H3,(H,23,24)/t13-/m0/s1. The largest absolute Gasteiger partial charge is 0.497 e. The summed E-state index contributed by atoms with van der Waals surface area (Å²) in [6.45, 7) is 3.49. The van der Waals surface area contributed by atoms with E-state index in [4.69, 9.17) is 25.5 Å². The predicted molar refractivity (Wildman–Crippen MR) is 106 cm³/mol. The average Bonchev–Trinajstić information content (AvgIpc) is 3.03. The van der Waals surface area contributed by atoms with Crippen molar-refractivity contribution in [2.75, 3.05) is 7.11 Å². The van der Waals surface area contributed by atoms with E-state index in [0.717, 1.165) is 10.9 Å². The molecule has 1 amide bonds. The summed E-state index contributed by atoms with van der Waals surface area (Å²) in [4.78, 5) is 24.7. The van der Waals surface area contributed by atoms with Crippen LogP contribution in [0.15, 0.2) is 46.9 Å². The monoisotopic (exact) mass is 401 g/mol. The van der Waals surface area contributed by atoms with Crippen molar-refractivity contribution in [3.8, 4) is 5.75 Å². The number of amides is 1. The molecule has 6 nitrogen and oxygen atoms in total. The van der Waals surface area contributed by atoms with Crippen molar-refractivity contribution in [1.82, 2.24) is 5.32 Å². The third-order valence-corrected chi connectivity index (χ3v) is 4.76. The molecule has 1 heterocycles. The number of benzene rings is 2. The average molecular weight is 402 g/mol. The second kappa shape index (κ2) is 8.35. The van der Waals surface area contributed by atoms with Crippen molar-refractivity contribution >= 4 is 34.4 Å². The Balaban J connectivity index is 1.66. The highest BCUT2D eigenvalue weighted by atomic mass is 35.5. The molecule has 146 valence electrons. The summed E-state index contributed by atoms with van der Waals surface area (Å²) in [7, 11) is 1.56. The van der Waals surface area contributed by atoms with Crippen molar-refractivity contribution in [2.45, 2.75) is 26.5 Å². The van der Waals surface area contributed by atoms with Gasteiger partial charge in [-0.2, -0.15) is 0 Å². The quantitative estimate of drug-likeness (QED) is 0.624. The first kappa shape index (κ1) is 19.8. The van der Waals surface area contributed by atoms with Gasteiger partial charge in [-0.1, -0.05) is 29.8 Å². The molecule has 1 aromatic heterocycles. The minimum atomic E-state index is -0.989. The molecule has 3 rings (SSSR count). The lowest BCUT2D eigenvalue weighted by molar-refractivity contribution is -0.129. The lowest BCUT2D eigenvalue weighted by Gasteiger charge is -2.13. The third kappa shape index (κ3) is 4.12. The Labute approximate surface area is 167 Å². The van der Waals surface area contributed by atoms with Crippen LogP contribution < -0.4 is 10.1 Å². The summed E-state index contributed by atoms with van der Waals surface area (Å²) in [5.74, 6) is -0.408. The van der Waals surface area contributed by atoms with Gasteiger partial charge in [0.1, 0.15) is 11.3 Å². The SMILES string of the molecule is COc1ccc2oc(C(=O)O[C@@H](C)C(=O)NCc3ccccc3Cl)c(C)c2c1. The number of esters is 1. The van der Waals surface area contributed by atoms with Gasteiger partial charge in [-0.15, -0.1) is 0 Å². The van der Waals surface area contributed by atoms with E-state index < -0.39 is 18.0 Å². The molecule has 0 saturated heterocycles. The van der Waals surface area contributed by atoms with Gasteiger partial charge in [0.05, 0.1) is 7.11 Å². The van der Waals surface area contributed by atoms with Crippen LogP contribution in [0.25, 0.3) is 11.0 Å². The number of halogens is 1. The van der Waals surface area contributed by atoms with E-state index in [2.05, 4.69) is 5.32 Å². The summed E-state index contributed by atoms with van der Waals surface area (Å²) < 4.78 is 16.1. The van der Waals surface area contributed by atoms with Crippen LogP contribution in [0.3, 0.4) is 0 Å². The zero-order chi connectivity index (χ0) is 20.3. The fraction of sp³-hybridized carbons (Fsp3) is 0.238. The zero-order valence-electron chi connectivity index (χ0n) is 15.7. The van der Waals surface area contributed by atoms with Gasteiger partial charge in [-0.05, 0) is 43.7 Å². The molecular formula is C21H20ClNO5. The molecule has 0 fully saturated rings. The minimum Gasteiger partial charge on any atom is -0.497 e. The summed E-state index contributed by atoms with van der Waals surface area (Å²) in [5, 5.41) is 4.01. The third-order valence-electron chi connectivity index (χ3n) is 4.39. The summed E-state index contributed by atoms with van der Waals surface area (Å²) in [5.41, 5.74) is 1.95. The number of carbonyl (C=O) groups is 2. The number of rotatable bonds is 6. The number of nitrogens with one attached hydrogen (secondary N) is 1. The maximum absolute atomic E-state index is 12.5. The minimum absolute atomic E-state index is 0.0639. The number of ether oxygens (including phenoxy) is 2. The Morgan fingerprint density at radius 1 is 1.21 bits per heavy atom. The first-order valence-electron chi connectivity index (χ1n) is 8.70. The fourth-order valence-electron chi connectivity index (χ4n) is 2.76. The number of carbonyl (C=O) groups excluding carboxylic acids is 2. The summed E-state index contributed by atoms with van der Waals surface area (Å²) >= 11 is 6.07. The highest BCUT2D eigenvalue weighted by Crippen LogP contribution is 2.29. The zero-order valence-corrected chi connectivity index (χ0v) is 16.5. The van der Waals surface area contributed by atoms with E-state index in [1.165, 1.54) is 6.92 Å². The van der Waals surface area contributed by atoms with Gasteiger partial charge in [0.25, 0.3) is 5.91 Å². The van der Waals surface area contributed by atoms with Crippen LogP contribution in [0, 0.1) is 6.92 Å². The second-order valence-corrected chi connectivity index (χ2v) is 6.68. The lowest BCUT2D eigenvalue weighted by atomic mass is 10.1. The molecule has 0 aliphatic heterocycles. The van der Waals surface area contributed by atoms with Crippen LogP contribution in [0.5, 0.6) is 5.75 Å². The van der Waals surface area contributed by atoms with Crippen LogP contribution in [0.4, 0.5) is 0 Å². The van der Waals surface area contributed by atoms with Crippen LogP contribution in [-0.4, -0.2) is 25.1 Å². The maximum atomic E-state index is 12.5. The number of hydrogen-bond acceptors (Lipinski definition) is 5.